The summed E-state index contributed by atoms with van der Waals surface area (Å²) >= 11 is 0. The Morgan fingerprint density at radius 2 is 2.44 bits per heavy atom. The first kappa shape index (κ1) is 11.1. The quantitative estimate of drug-likeness (QED) is 0.562. The minimum atomic E-state index is -0.794. The van der Waals surface area contributed by atoms with Crippen LogP contribution < -0.4 is 0 Å². The largest absolute Gasteiger partial charge is 0.394 e. The van der Waals surface area contributed by atoms with E-state index in [0.717, 1.165) is 0 Å². The fourth-order valence-corrected chi connectivity index (χ4v) is 1.83. The van der Waals surface area contributed by atoms with E-state index in [1.165, 1.54) is 16.8 Å². The Bertz CT molecular complexity index is 391. The van der Waals surface area contributed by atoms with Crippen molar-refractivity contribution in [1.82, 2.24) is 4.57 Å². The van der Waals surface area contributed by atoms with Crippen molar-refractivity contribution in [2.45, 2.75) is 24.9 Å². The zero-order chi connectivity index (χ0) is 11.7. The number of aromatic nitrogens is 1. The van der Waals surface area contributed by atoms with Crippen molar-refractivity contribution in [3.63, 3.8) is 0 Å². The summed E-state index contributed by atoms with van der Waals surface area (Å²) in [5.74, 6) is -0.0872. The molecule has 3 atom stereocenters. The van der Waals surface area contributed by atoms with Crippen molar-refractivity contribution in [3.8, 4) is 0 Å². The molecule has 0 saturated carbocycles. The smallest absolute Gasteiger partial charge is 0.325 e. The molecule has 7 nitrogen and oxygen atoms in total. The molecule has 0 spiro atoms. The number of hydrogen-bond donors (Lipinski definition) is 2. The fourth-order valence-electron chi connectivity index (χ4n) is 1.83. The van der Waals surface area contributed by atoms with Crippen LogP contribution in [0.15, 0.2) is 18.3 Å². The maximum atomic E-state index is 10.7. The monoisotopic (exact) mass is 228 g/mol. The second kappa shape index (κ2) is 4.20. The maximum Gasteiger partial charge on any atom is 0.325 e. The highest BCUT2D eigenvalue weighted by Crippen LogP contribution is 2.31. The summed E-state index contributed by atoms with van der Waals surface area (Å²) in [5.41, 5.74) is 0. The standard InChI is InChI=1S/C9H12N2O5/c12-5-7-6(13)4-9(16-7)10-3-1-2-8(10)11(14)15/h1-3,6-7,9,12-13H,4-5H2/t6-,7+,9+/m0/s1. The molecule has 1 aliphatic heterocycles. The molecule has 1 fully saturated rings. The van der Waals surface area contributed by atoms with E-state index in [9.17, 15) is 15.2 Å². The van der Waals surface area contributed by atoms with Gasteiger partial charge in [-0.2, -0.15) is 0 Å². The van der Waals surface area contributed by atoms with E-state index in [2.05, 4.69) is 0 Å². The summed E-state index contributed by atoms with van der Waals surface area (Å²) in [6.07, 6.45) is -0.303. The predicted octanol–water partition coefficient (Wildman–Crippen LogP) is 0.0370. The zero-order valence-corrected chi connectivity index (χ0v) is 8.39. The fraction of sp³-hybridized carbons (Fsp3) is 0.556. The second-order valence-electron chi connectivity index (χ2n) is 3.65. The molecule has 16 heavy (non-hydrogen) atoms. The molecular weight excluding hydrogens is 216 g/mol. The molecule has 7 heteroatoms. The molecule has 1 aromatic heterocycles. The summed E-state index contributed by atoms with van der Waals surface area (Å²) in [6.45, 7) is -0.299. The summed E-state index contributed by atoms with van der Waals surface area (Å²) in [5, 5.41) is 29.1. The number of nitro groups is 1. The van der Waals surface area contributed by atoms with Crippen LogP contribution >= 0.6 is 0 Å². The van der Waals surface area contributed by atoms with Crippen LogP contribution in [0.1, 0.15) is 12.6 Å². The highest BCUT2D eigenvalue weighted by Gasteiger charge is 2.38. The molecule has 2 rings (SSSR count). The van der Waals surface area contributed by atoms with Gasteiger partial charge in [-0.3, -0.25) is 0 Å². The number of hydrogen-bond acceptors (Lipinski definition) is 5. The van der Waals surface area contributed by atoms with E-state index >= 15 is 0 Å². The van der Waals surface area contributed by atoms with Crippen molar-refractivity contribution >= 4 is 5.82 Å². The Kier molecular flexibility index (Phi) is 2.90. The molecule has 0 aliphatic carbocycles. The van der Waals surface area contributed by atoms with Gasteiger partial charge in [0, 0.05) is 12.5 Å². The van der Waals surface area contributed by atoms with Gasteiger partial charge in [0.15, 0.2) is 0 Å². The molecule has 1 aromatic rings. The van der Waals surface area contributed by atoms with Crippen molar-refractivity contribution in [2.24, 2.45) is 0 Å². The average Bonchev–Trinajstić information content (AvgIpc) is 2.82. The van der Waals surface area contributed by atoms with Gasteiger partial charge in [-0.15, -0.1) is 0 Å². The van der Waals surface area contributed by atoms with Crippen molar-refractivity contribution < 1.29 is 19.9 Å². The first-order chi connectivity index (χ1) is 7.63. The van der Waals surface area contributed by atoms with Gasteiger partial charge in [-0.25, -0.2) is 4.57 Å². The predicted molar refractivity (Wildman–Crippen MR) is 52.7 cm³/mol. The third kappa shape index (κ3) is 1.80. The van der Waals surface area contributed by atoms with E-state index < -0.39 is 23.4 Å². The molecular formula is C9H12N2O5. The molecule has 2 heterocycles. The van der Waals surface area contributed by atoms with Crippen LogP contribution in [0.3, 0.4) is 0 Å². The highest BCUT2D eigenvalue weighted by atomic mass is 16.6. The normalized spacial score (nSPS) is 29.5. The number of aliphatic hydroxyl groups excluding tert-OH is 2. The van der Waals surface area contributed by atoms with Gasteiger partial charge in [0.25, 0.3) is 0 Å². The molecule has 1 aliphatic rings. The zero-order valence-electron chi connectivity index (χ0n) is 8.39. The van der Waals surface area contributed by atoms with E-state index in [4.69, 9.17) is 9.84 Å². The van der Waals surface area contributed by atoms with Crippen LogP contribution in [0, 0.1) is 10.1 Å². The first-order valence-electron chi connectivity index (χ1n) is 4.89. The minimum absolute atomic E-state index is 0.0872. The number of rotatable bonds is 3. The lowest BCUT2D eigenvalue weighted by Crippen LogP contribution is -2.24. The lowest BCUT2D eigenvalue weighted by molar-refractivity contribution is -0.393. The minimum Gasteiger partial charge on any atom is -0.394 e. The first-order valence-corrected chi connectivity index (χ1v) is 4.89. The molecule has 0 unspecified atom stereocenters. The van der Waals surface area contributed by atoms with Gasteiger partial charge >= 0.3 is 5.82 Å². The Morgan fingerprint density at radius 3 is 3.00 bits per heavy atom. The Hall–Kier alpha value is -1.44. The van der Waals surface area contributed by atoms with Crippen LogP contribution in [0.2, 0.25) is 0 Å². The van der Waals surface area contributed by atoms with Crippen LogP contribution in [-0.4, -0.2) is 38.5 Å². The van der Waals surface area contributed by atoms with Crippen molar-refractivity contribution in [1.29, 1.82) is 0 Å². The molecule has 0 amide bonds. The van der Waals surface area contributed by atoms with Crippen molar-refractivity contribution in [2.75, 3.05) is 6.61 Å². The highest BCUT2D eigenvalue weighted by molar-refractivity contribution is 5.22. The van der Waals surface area contributed by atoms with Crippen LogP contribution in [0.5, 0.6) is 0 Å². The summed E-state index contributed by atoms with van der Waals surface area (Å²) < 4.78 is 6.66. The second-order valence-corrected chi connectivity index (χ2v) is 3.65. The van der Waals surface area contributed by atoms with E-state index in [1.807, 2.05) is 0 Å². The molecule has 88 valence electrons. The third-order valence-electron chi connectivity index (χ3n) is 2.64. The van der Waals surface area contributed by atoms with Gasteiger partial charge in [0.05, 0.1) is 18.9 Å². The van der Waals surface area contributed by atoms with Crippen molar-refractivity contribution in [3.05, 3.63) is 28.4 Å². The van der Waals surface area contributed by atoms with Gasteiger partial charge in [0.1, 0.15) is 6.10 Å². The van der Waals surface area contributed by atoms with E-state index in [-0.39, 0.29) is 18.8 Å². The van der Waals surface area contributed by atoms with Crippen LogP contribution in [0.4, 0.5) is 5.82 Å². The summed E-state index contributed by atoms with van der Waals surface area (Å²) in [4.78, 5) is 10.2. The maximum absolute atomic E-state index is 10.7. The lowest BCUT2D eigenvalue weighted by Gasteiger charge is -2.10. The lowest BCUT2D eigenvalue weighted by atomic mass is 10.2. The van der Waals surface area contributed by atoms with Gasteiger partial charge in [-0.1, -0.05) is 0 Å². The molecule has 1 saturated heterocycles. The molecule has 0 aromatic carbocycles. The van der Waals surface area contributed by atoms with Gasteiger partial charge in [-0.05, 0) is 11.0 Å². The number of nitrogens with zero attached hydrogens (tertiary/aromatic N) is 2. The Labute approximate surface area is 91.0 Å². The van der Waals surface area contributed by atoms with Crippen LogP contribution in [0.25, 0.3) is 0 Å². The van der Waals surface area contributed by atoms with Gasteiger partial charge in [0.2, 0.25) is 6.23 Å². The Morgan fingerprint density at radius 1 is 1.69 bits per heavy atom. The molecule has 0 radical (unpaired) electrons. The summed E-state index contributed by atoms with van der Waals surface area (Å²) in [6, 6.07) is 2.90. The third-order valence-corrected chi connectivity index (χ3v) is 2.64. The van der Waals surface area contributed by atoms with Crippen LogP contribution in [-0.2, 0) is 4.74 Å². The summed E-state index contributed by atoms with van der Waals surface area (Å²) in [7, 11) is 0. The van der Waals surface area contributed by atoms with Gasteiger partial charge < -0.3 is 25.1 Å². The Balaban J connectivity index is 2.20. The topological polar surface area (TPSA) is 97.8 Å². The SMILES string of the molecule is O=[N+]([O-])c1cccn1[C@H]1C[C@H](O)[C@@H](CO)O1. The average molecular weight is 228 g/mol. The number of ether oxygens (including phenoxy) is 1. The van der Waals surface area contributed by atoms with E-state index in [1.54, 1.807) is 6.07 Å². The molecule has 2 N–H and O–H groups in total. The van der Waals surface area contributed by atoms with E-state index in [0.29, 0.717) is 0 Å². The number of aliphatic hydroxyl groups is 2. The molecule has 0 bridgehead atoms.